The summed E-state index contributed by atoms with van der Waals surface area (Å²) in [7, 11) is 0. The molecule has 0 spiro atoms. The van der Waals surface area contributed by atoms with Crippen molar-refractivity contribution in [2.24, 2.45) is 0 Å². The minimum atomic E-state index is -0.441. The highest BCUT2D eigenvalue weighted by atomic mass is 35.5. The van der Waals surface area contributed by atoms with E-state index in [1.807, 2.05) is 13.0 Å². The summed E-state index contributed by atoms with van der Waals surface area (Å²) in [6.07, 6.45) is 0.0887. The summed E-state index contributed by atoms with van der Waals surface area (Å²) in [5.41, 5.74) is 2.36. The zero-order chi connectivity index (χ0) is 17.7. The van der Waals surface area contributed by atoms with Crippen molar-refractivity contribution >= 4 is 40.7 Å². The number of amides is 2. The number of carbonyl (C=O) groups is 2. The van der Waals surface area contributed by atoms with E-state index in [0.717, 1.165) is 11.1 Å². The first-order valence-electron chi connectivity index (χ1n) is 7.43. The average molecular weight is 365 g/mol. The Morgan fingerprint density at radius 1 is 1.08 bits per heavy atom. The van der Waals surface area contributed by atoms with Gasteiger partial charge in [0.05, 0.1) is 23.2 Å². The lowest BCUT2D eigenvalue weighted by Crippen LogP contribution is -2.29. The van der Waals surface area contributed by atoms with Crippen LogP contribution in [0, 0.1) is 6.92 Å². The monoisotopic (exact) mass is 364 g/mol. The van der Waals surface area contributed by atoms with Crippen LogP contribution in [0.2, 0.25) is 10.0 Å². The lowest BCUT2D eigenvalue weighted by atomic mass is 10.0. The van der Waals surface area contributed by atoms with Crippen LogP contribution >= 0.6 is 23.2 Å². The standard InChI is InChI=1S/C18H18Cl2N2O2/c1-11-3-8-16(15(20)9-11)22-18(24)10-17(21-12(2)23)13-4-6-14(19)7-5-13/h3-9,17H,10H2,1-2H3,(H,21,23)(H,22,24). The molecule has 0 fully saturated rings. The molecule has 0 saturated heterocycles. The normalized spacial score (nSPS) is 11.7. The second-order valence-electron chi connectivity index (χ2n) is 5.54. The van der Waals surface area contributed by atoms with Crippen molar-refractivity contribution < 1.29 is 9.59 Å². The third-order valence-electron chi connectivity index (χ3n) is 3.44. The fraction of sp³-hybridized carbons (Fsp3) is 0.222. The summed E-state index contributed by atoms with van der Waals surface area (Å²) < 4.78 is 0. The van der Waals surface area contributed by atoms with Crippen LogP contribution in [0.15, 0.2) is 42.5 Å². The van der Waals surface area contributed by atoms with Gasteiger partial charge in [0, 0.05) is 11.9 Å². The van der Waals surface area contributed by atoms with Gasteiger partial charge in [-0.15, -0.1) is 0 Å². The number of rotatable bonds is 5. The van der Waals surface area contributed by atoms with Crippen LogP contribution in [-0.4, -0.2) is 11.8 Å². The quantitative estimate of drug-likeness (QED) is 0.819. The number of hydrogen-bond acceptors (Lipinski definition) is 2. The largest absolute Gasteiger partial charge is 0.349 e. The van der Waals surface area contributed by atoms with Gasteiger partial charge in [0.25, 0.3) is 0 Å². The van der Waals surface area contributed by atoms with Crippen molar-refractivity contribution in [2.45, 2.75) is 26.3 Å². The van der Waals surface area contributed by atoms with Gasteiger partial charge in [0.2, 0.25) is 11.8 Å². The predicted octanol–water partition coefficient (Wildman–Crippen LogP) is 4.51. The molecule has 2 aromatic rings. The second-order valence-corrected chi connectivity index (χ2v) is 6.38. The number of aryl methyl sites for hydroxylation is 1. The van der Waals surface area contributed by atoms with E-state index in [9.17, 15) is 9.59 Å². The predicted molar refractivity (Wildman–Crippen MR) is 97.4 cm³/mol. The van der Waals surface area contributed by atoms with E-state index >= 15 is 0 Å². The van der Waals surface area contributed by atoms with Crippen LogP contribution in [0.25, 0.3) is 0 Å². The topological polar surface area (TPSA) is 58.2 Å². The highest BCUT2D eigenvalue weighted by Gasteiger charge is 2.18. The maximum absolute atomic E-state index is 12.3. The number of halogens is 2. The molecule has 4 nitrogen and oxygen atoms in total. The first-order chi connectivity index (χ1) is 11.3. The van der Waals surface area contributed by atoms with Crippen molar-refractivity contribution in [1.29, 1.82) is 0 Å². The van der Waals surface area contributed by atoms with Crippen molar-refractivity contribution in [2.75, 3.05) is 5.32 Å². The Bertz CT molecular complexity index is 745. The minimum absolute atomic E-state index is 0.0887. The molecule has 2 rings (SSSR count). The van der Waals surface area contributed by atoms with Gasteiger partial charge in [-0.05, 0) is 42.3 Å². The van der Waals surface area contributed by atoms with E-state index in [4.69, 9.17) is 23.2 Å². The van der Waals surface area contributed by atoms with Crippen molar-refractivity contribution in [3.63, 3.8) is 0 Å². The molecule has 0 aliphatic heterocycles. The van der Waals surface area contributed by atoms with Gasteiger partial charge in [-0.1, -0.05) is 41.4 Å². The van der Waals surface area contributed by atoms with Gasteiger partial charge in [0.15, 0.2) is 0 Å². The number of nitrogens with one attached hydrogen (secondary N) is 2. The van der Waals surface area contributed by atoms with E-state index < -0.39 is 6.04 Å². The van der Waals surface area contributed by atoms with E-state index in [1.165, 1.54) is 6.92 Å². The van der Waals surface area contributed by atoms with E-state index in [1.54, 1.807) is 36.4 Å². The lowest BCUT2D eigenvalue weighted by molar-refractivity contribution is -0.120. The summed E-state index contributed by atoms with van der Waals surface area (Å²) in [4.78, 5) is 23.8. The van der Waals surface area contributed by atoms with E-state index in [0.29, 0.717) is 15.7 Å². The third kappa shape index (κ3) is 5.25. The molecule has 0 aliphatic carbocycles. The van der Waals surface area contributed by atoms with Gasteiger partial charge in [0.1, 0.15) is 0 Å². The lowest BCUT2D eigenvalue weighted by Gasteiger charge is -2.18. The Labute approximate surface area is 151 Å². The first kappa shape index (κ1) is 18.3. The molecular formula is C18H18Cl2N2O2. The number of benzene rings is 2. The molecule has 0 aromatic heterocycles. The summed E-state index contributed by atoms with van der Waals surface area (Å²) >= 11 is 12.0. The van der Waals surface area contributed by atoms with Crippen LogP contribution in [-0.2, 0) is 9.59 Å². The number of anilines is 1. The molecule has 0 aliphatic rings. The van der Waals surface area contributed by atoms with Crippen LogP contribution in [0.4, 0.5) is 5.69 Å². The highest BCUT2D eigenvalue weighted by Crippen LogP contribution is 2.24. The van der Waals surface area contributed by atoms with E-state index in [-0.39, 0.29) is 18.2 Å². The molecule has 2 N–H and O–H groups in total. The van der Waals surface area contributed by atoms with Crippen LogP contribution < -0.4 is 10.6 Å². The molecule has 2 amide bonds. The van der Waals surface area contributed by atoms with Crippen molar-refractivity contribution in [3.05, 3.63) is 63.6 Å². The van der Waals surface area contributed by atoms with Crippen LogP contribution in [0.5, 0.6) is 0 Å². The number of hydrogen-bond donors (Lipinski definition) is 2. The van der Waals surface area contributed by atoms with Gasteiger partial charge in [-0.25, -0.2) is 0 Å². The first-order valence-corrected chi connectivity index (χ1v) is 8.19. The van der Waals surface area contributed by atoms with Crippen molar-refractivity contribution in [3.8, 4) is 0 Å². The van der Waals surface area contributed by atoms with Crippen molar-refractivity contribution in [1.82, 2.24) is 5.32 Å². The molecule has 0 radical (unpaired) electrons. The fourth-order valence-corrected chi connectivity index (χ4v) is 2.71. The van der Waals surface area contributed by atoms with E-state index in [2.05, 4.69) is 10.6 Å². The fourth-order valence-electron chi connectivity index (χ4n) is 2.30. The van der Waals surface area contributed by atoms with Gasteiger partial charge in [-0.2, -0.15) is 0 Å². The summed E-state index contributed by atoms with van der Waals surface area (Å²) in [6, 6.07) is 12.0. The summed E-state index contributed by atoms with van der Waals surface area (Å²) in [5, 5.41) is 6.63. The SMILES string of the molecule is CC(=O)NC(CC(=O)Nc1ccc(C)cc1Cl)c1ccc(Cl)cc1. The Morgan fingerprint density at radius 2 is 1.75 bits per heavy atom. The summed E-state index contributed by atoms with van der Waals surface area (Å²) in [5.74, 6) is -0.453. The Balaban J connectivity index is 2.12. The number of carbonyl (C=O) groups excluding carboxylic acids is 2. The Hall–Kier alpha value is -2.04. The Morgan fingerprint density at radius 3 is 2.33 bits per heavy atom. The zero-order valence-electron chi connectivity index (χ0n) is 13.4. The maximum atomic E-state index is 12.3. The molecule has 0 bridgehead atoms. The molecule has 24 heavy (non-hydrogen) atoms. The summed E-state index contributed by atoms with van der Waals surface area (Å²) in [6.45, 7) is 3.34. The highest BCUT2D eigenvalue weighted by molar-refractivity contribution is 6.33. The molecular weight excluding hydrogens is 347 g/mol. The average Bonchev–Trinajstić information content (AvgIpc) is 2.50. The Kier molecular flexibility index (Phi) is 6.23. The van der Waals surface area contributed by atoms with Gasteiger partial charge >= 0.3 is 0 Å². The van der Waals surface area contributed by atoms with Crippen LogP contribution in [0.3, 0.4) is 0 Å². The molecule has 0 saturated carbocycles. The van der Waals surface area contributed by atoms with Gasteiger partial charge in [-0.3, -0.25) is 9.59 Å². The van der Waals surface area contributed by atoms with Gasteiger partial charge < -0.3 is 10.6 Å². The molecule has 0 heterocycles. The third-order valence-corrected chi connectivity index (χ3v) is 4.00. The molecule has 6 heteroatoms. The smallest absolute Gasteiger partial charge is 0.226 e. The second kappa shape index (κ2) is 8.18. The maximum Gasteiger partial charge on any atom is 0.226 e. The minimum Gasteiger partial charge on any atom is -0.349 e. The molecule has 126 valence electrons. The van der Waals surface area contributed by atoms with Crippen LogP contribution in [0.1, 0.15) is 30.5 Å². The molecule has 1 unspecified atom stereocenters. The molecule has 2 aromatic carbocycles. The molecule has 1 atom stereocenters. The zero-order valence-corrected chi connectivity index (χ0v) is 14.9.